The van der Waals surface area contributed by atoms with Crippen molar-refractivity contribution in [1.82, 2.24) is 14.4 Å². The average Bonchev–Trinajstić information content (AvgIpc) is 3.48. The first-order valence-corrected chi connectivity index (χ1v) is 14.0. The van der Waals surface area contributed by atoms with Crippen LogP contribution in [0.2, 0.25) is 0 Å². The number of benzene rings is 2. The minimum Gasteiger partial charge on any atom is -0.493 e. The molecule has 208 valence electrons. The summed E-state index contributed by atoms with van der Waals surface area (Å²) in [6.07, 6.45) is 6.38. The molecular weight excluding hydrogens is 492 g/mol. The fraction of sp³-hybridized carbons (Fsp3) is 0.484. The molecule has 2 aliphatic rings. The van der Waals surface area contributed by atoms with Crippen LogP contribution >= 0.6 is 0 Å². The highest BCUT2D eigenvalue weighted by Crippen LogP contribution is 2.41. The van der Waals surface area contributed by atoms with Gasteiger partial charge >= 0.3 is 6.03 Å². The van der Waals surface area contributed by atoms with Gasteiger partial charge < -0.3 is 23.8 Å². The van der Waals surface area contributed by atoms with Gasteiger partial charge in [-0.15, -0.1) is 0 Å². The van der Waals surface area contributed by atoms with Crippen LogP contribution < -0.4 is 14.4 Å². The van der Waals surface area contributed by atoms with Gasteiger partial charge in [-0.3, -0.25) is 9.69 Å². The smallest absolute Gasteiger partial charge is 0.324 e. The number of hydrogen-bond donors (Lipinski definition) is 0. The number of methoxy groups -OCH3 is 1. The normalized spacial score (nSPS) is 18.9. The minimum atomic E-state index is -0.0145. The highest BCUT2D eigenvalue weighted by molar-refractivity contribution is 5.93. The second kappa shape index (κ2) is 11.6. The molecule has 0 bridgehead atoms. The third-order valence-electron chi connectivity index (χ3n) is 8.09. The Morgan fingerprint density at radius 1 is 1.10 bits per heavy atom. The van der Waals surface area contributed by atoms with E-state index < -0.39 is 0 Å². The molecule has 1 aliphatic carbocycles. The first kappa shape index (κ1) is 26.9. The Bertz CT molecular complexity index is 1330. The molecule has 2 fully saturated rings. The van der Waals surface area contributed by atoms with Gasteiger partial charge in [-0.25, -0.2) is 4.79 Å². The largest absolute Gasteiger partial charge is 0.493 e. The van der Waals surface area contributed by atoms with Crippen molar-refractivity contribution in [1.29, 1.82) is 0 Å². The van der Waals surface area contributed by atoms with Gasteiger partial charge in [-0.05, 0) is 67.3 Å². The summed E-state index contributed by atoms with van der Waals surface area (Å²) in [4.78, 5) is 31.3. The number of likely N-dealkylation sites (N-methyl/N-ethyl adjacent to an activating group) is 1. The van der Waals surface area contributed by atoms with Crippen LogP contribution in [0.4, 0.5) is 10.5 Å². The number of aromatic nitrogens is 1. The zero-order chi connectivity index (χ0) is 27.5. The van der Waals surface area contributed by atoms with Crippen LogP contribution in [0.5, 0.6) is 11.5 Å². The fourth-order valence-corrected chi connectivity index (χ4v) is 5.50. The van der Waals surface area contributed by atoms with Gasteiger partial charge in [0.1, 0.15) is 6.54 Å². The lowest BCUT2D eigenvalue weighted by Gasteiger charge is -2.36. The second-order valence-corrected chi connectivity index (χ2v) is 11.1. The number of amides is 3. The number of hydrogen-bond acceptors (Lipinski definition) is 4. The molecule has 0 N–H and O–H groups in total. The van der Waals surface area contributed by atoms with Gasteiger partial charge in [0.15, 0.2) is 11.5 Å². The fourth-order valence-electron chi connectivity index (χ4n) is 5.50. The van der Waals surface area contributed by atoms with Crippen LogP contribution in [0.15, 0.2) is 48.7 Å². The van der Waals surface area contributed by atoms with Gasteiger partial charge in [0.25, 0.3) is 0 Å². The van der Waals surface area contributed by atoms with Gasteiger partial charge in [0, 0.05) is 62.6 Å². The van der Waals surface area contributed by atoms with Crippen LogP contribution in [0.1, 0.15) is 38.2 Å². The van der Waals surface area contributed by atoms with Crippen LogP contribution in [0, 0.1) is 11.8 Å². The van der Waals surface area contributed by atoms with Crippen molar-refractivity contribution in [3.63, 3.8) is 0 Å². The number of ether oxygens (including phenoxy) is 2. The Balaban J connectivity index is 1.28. The molecule has 3 amide bonds. The molecule has 5 rings (SSSR count). The Morgan fingerprint density at radius 3 is 2.67 bits per heavy atom. The van der Waals surface area contributed by atoms with Crippen LogP contribution in [0.25, 0.3) is 10.9 Å². The van der Waals surface area contributed by atoms with Crippen molar-refractivity contribution in [3.8, 4) is 11.5 Å². The SMILES string of the molecule is COc1ccc(N2CCCN(Cc3cccc4c3ccn4CC(=O)N(C)C)C2=O)cc1OCCC[C@@H]1C[C@@H]1C. The Kier molecular flexibility index (Phi) is 8.00. The molecule has 0 spiro atoms. The van der Waals surface area contributed by atoms with E-state index >= 15 is 0 Å². The number of rotatable bonds is 11. The third-order valence-corrected chi connectivity index (χ3v) is 8.09. The van der Waals surface area contributed by atoms with E-state index in [1.807, 2.05) is 57.0 Å². The second-order valence-electron chi connectivity index (χ2n) is 11.1. The van der Waals surface area contributed by atoms with E-state index in [4.69, 9.17) is 9.47 Å². The molecule has 8 heteroatoms. The number of anilines is 1. The number of fused-ring (bicyclic) bond motifs is 1. The lowest BCUT2D eigenvalue weighted by atomic mass is 10.1. The maximum atomic E-state index is 13.7. The monoisotopic (exact) mass is 532 g/mol. The average molecular weight is 533 g/mol. The zero-order valence-corrected chi connectivity index (χ0v) is 23.6. The summed E-state index contributed by atoms with van der Waals surface area (Å²) in [5.74, 6) is 3.12. The summed E-state index contributed by atoms with van der Waals surface area (Å²) < 4.78 is 13.6. The van der Waals surface area contributed by atoms with Gasteiger partial charge in [0.05, 0.1) is 13.7 Å². The maximum Gasteiger partial charge on any atom is 0.324 e. The van der Waals surface area contributed by atoms with E-state index in [0.29, 0.717) is 37.7 Å². The number of carbonyl (C=O) groups is 2. The van der Waals surface area contributed by atoms with Crippen molar-refractivity contribution in [2.45, 2.75) is 45.7 Å². The molecule has 8 nitrogen and oxygen atoms in total. The number of nitrogens with zero attached hydrogens (tertiary/aromatic N) is 4. The summed E-state index contributed by atoms with van der Waals surface area (Å²) in [6.45, 7) is 5.11. The number of urea groups is 1. The standard InChI is InChI=1S/C31H40N4O4/c1-22-18-23(22)9-6-17-39-29-19-25(11-12-28(29)38-4)35-15-7-14-34(31(35)37)20-24-8-5-10-27-26(24)13-16-33(27)21-30(36)32(2)3/h5,8,10-13,16,19,22-23H,6-7,9,14-15,17-18,20-21H2,1-4H3/t22-,23+/m0/s1. The van der Waals surface area contributed by atoms with Crippen molar-refractivity contribution in [3.05, 3.63) is 54.2 Å². The molecule has 1 saturated heterocycles. The minimum absolute atomic E-state index is 0.0145. The zero-order valence-electron chi connectivity index (χ0n) is 23.6. The van der Waals surface area contributed by atoms with Gasteiger partial charge in [-0.2, -0.15) is 0 Å². The van der Waals surface area contributed by atoms with Crippen molar-refractivity contribution >= 4 is 28.5 Å². The predicted molar refractivity (Wildman–Crippen MR) is 153 cm³/mol. The molecule has 1 aromatic heterocycles. The molecule has 3 aromatic rings. The molecule has 0 radical (unpaired) electrons. The molecule has 1 saturated carbocycles. The van der Waals surface area contributed by atoms with Crippen LogP contribution in [-0.2, 0) is 17.9 Å². The van der Waals surface area contributed by atoms with Crippen molar-refractivity contribution < 1.29 is 19.1 Å². The Labute approximate surface area is 231 Å². The molecule has 2 aromatic carbocycles. The summed E-state index contributed by atoms with van der Waals surface area (Å²) in [5.41, 5.74) is 2.89. The van der Waals surface area contributed by atoms with Crippen LogP contribution in [0.3, 0.4) is 0 Å². The highest BCUT2D eigenvalue weighted by atomic mass is 16.5. The molecular formula is C31H40N4O4. The molecule has 0 unspecified atom stereocenters. The number of carbonyl (C=O) groups excluding carboxylic acids is 2. The van der Waals surface area contributed by atoms with E-state index in [-0.39, 0.29) is 18.5 Å². The molecule has 1 aliphatic heterocycles. The van der Waals surface area contributed by atoms with Crippen molar-refractivity contribution in [2.75, 3.05) is 45.8 Å². The van der Waals surface area contributed by atoms with E-state index in [0.717, 1.165) is 46.8 Å². The molecule has 39 heavy (non-hydrogen) atoms. The first-order chi connectivity index (χ1) is 18.9. The Morgan fingerprint density at radius 2 is 1.92 bits per heavy atom. The van der Waals surface area contributed by atoms with Crippen LogP contribution in [-0.4, -0.2) is 67.2 Å². The van der Waals surface area contributed by atoms with E-state index in [1.54, 1.807) is 26.1 Å². The summed E-state index contributed by atoms with van der Waals surface area (Å²) in [6, 6.07) is 13.9. The maximum absolute atomic E-state index is 13.7. The highest BCUT2D eigenvalue weighted by Gasteiger charge is 2.31. The quantitative estimate of drug-likeness (QED) is 0.311. The lowest BCUT2D eigenvalue weighted by Crippen LogP contribution is -2.49. The summed E-state index contributed by atoms with van der Waals surface area (Å²) in [5, 5.41) is 1.06. The van der Waals surface area contributed by atoms with E-state index in [2.05, 4.69) is 13.0 Å². The predicted octanol–water partition coefficient (Wildman–Crippen LogP) is 5.39. The van der Waals surface area contributed by atoms with Crippen molar-refractivity contribution in [2.24, 2.45) is 11.8 Å². The topological polar surface area (TPSA) is 67.2 Å². The first-order valence-electron chi connectivity index (χ1n) is 14.0. The summed E-state index contributed by atoms with van der Waals surface area (Å²) in [7, 11) is 5.17. The lowest BCUT2D eigenvalue weighted by molar-refractivity contribution is -0.129. The summed E-state index contributed by atoms with van der Waals surface area (Å²) >= 11 is 0. The molecule has 2 atom stereocenters. The molecule has 2 heterocycles. The van der Waals surface area contributed by atoms with Gasteiger partial charge in [-0.1, -0.05) is 19.1 Å². The Hall–Kier alpha value is -3.68. The van der Waals surface area contributed by atoms with Gasteiger partial charge in [0.2, 0.25) is 5.91 Å². The van der Waals surface area contributed by atoms with E-state index in [1.165, 1.54) is 12.8 Å². The van der Waals surface area contributed by atoms with E-state index in [9.17, 15) is 9.59 Å². The third kappa shape index (κ3) is 6.00.